The van der Waals surface area contributed by atoms with Gasteiger partial charge in [0.25, 0.3) is 5.91 Å². The van der Waals surface area contributed by atoms with Crippen molar-refractivity contribution in [3.05, 3.63) is 42.2 Å². The minimum Gasteiger partial charge on any atom is -0.506 e. The van der Waals surface area contributed by atoms with Crippen LogP contribution < -0.4 is 5.32 Å². The van der Waals surface area contributed by atoms with Crippen molar-refractivity contribution in [2.45, 2.75) is 26.3 Å². The number of carbonyl (C=O) groups is 1. The normalized spacial score (nSPS) is 11.3. The SMILES string of the molecule is CC(C)(C)n1cc(C(=O)Nc2ccccc2O)cn1. The van der Waals surface area contributed by atoms with Crippen LogP contribution in [0, 0.1) is 0 Å². The Morgan fingerprint density at radius 2 is 2.00 bits per heavy atom. The van der Waals surface area contributed by atoms with Gasteiger partial charge in [-0.2, -0.15) is 5.10 Å². The molecule has 0 aliphatic carbocycles. The molecule has 0 unspecified atom stereocenters. The summed E-state index contributed by atoms with van der Waals surface area (Å²) < 4.78 is 1.73. The van der Waals surface area contributed by atoms with Crippen molar-refractivity contribution in [3.63, 3.8) is 0 Å². The van der Waals surface area contributed by atoms with E-state index in [2.05, 4.69) is 10.4 Å². The second-order valence-electron chi connectivity index (χ2n) is 5.32. The number of aromatic hydroxyl groups is 1. The zero-order valence-electron chi connectivity index (χ0n) is 11.2. The minimum atomic E-state index is -0.294. The average Bonchev–Trinajstić information content (AvgIpc) is 2.81. The molecule has 1 amide bonds. The number of phenols is 1. The van der Waals surface area contributed by atoms with Crippen molar-refractivity contribution in [1.82, 2.24) is 9.78 Å². The standard InChI is InChI=1S/C14H17N3O2/c1-14(2,3)17-9-10(8-15-17)13(19)16-11-6-4-5-7-12(11)18/h4-9,18H,1-3H3,(H,16,19). The summed E-state index contributed by atoms with van der Waals surface area (Å²) in [5.41, 5.74) is 0.669. The van der Waals surface area contributed by atoms with Crippen LogP contribution in [0.15, 0.2) is 36.7 Å². The van der Waals surface area contributed by atoms with Crippen molar-refractivity contribution in [2.24, 2.45) is 0 Å². The number of hydrogen-bond donors (Lipinski definition) is 2. The molecular weight excluding hydrogens is 242 g/mol. The number of nitrogens with zero attached hydrogens (tertiary/aromatic N) is 2. The van der Waals surface area contributed by atoms with E-state index in [1.54, 1.807) is 29.1 Å². The van der Waals surface area contributed by atoms with E-state index in [1.807, 2.05) is 20.8 Å². The number of para-hydroxylation sites is 2. The van der Waals surface area contributed by atoms with E-state index in [1.165, 1.54) is 12.3 Å². The number of benzene rings is 1. The van der Waals surface area contributed by atoms with Gasteiger partial charge >= 0.3 is 0 Å². The first-order chi connectivity index (χ1) is 8.88. The molecule has 2 rings (SSSR count). The third-order valence-corrected chi connectivity index (χ3v) is 2.68. The van der Waals surface area contributed by atoms with Gasteiger partial charge in [-0.25, -0.2) is 0 Å². The molecule has 0 saturated heterocycles. The van der Waals surface area contributed by atoms with Crippen LogP contribution in [0.25, 0.3) is 0 Å². The number of hydrogen-bond acceptors (Lipinski definition) is 3. The number of carbonyl (C=O) groups excluding carboxylic acids is 1. The van der Waals surface area contributed by atoms with E-state index in [0.29, 0.717) is 11.3 Å². The number of aromatic nitrogens is 2. The van der Waals surface area contributed by atoms with Crippen LogP contribution in [0.5, 0.6) is 5.75 Å². The smallest absolute Gasteiger partial charge is 0.258 e. The highest BCUT2D eigenvalue weighted by Crippen LogP contribution is 2.22. The Labute approximate surface area is 111 Å². The van der Waals surface area contributed by atoms with Gasteiger partial charge in [-0.05, 0) is 32.9 Å². The predicted molar refractivity (Wildman–Crippen MR) is 73.3 cm³/mol. The summed E-state index contributed by atoms with van der Waals surface area (Å²) in [7, 11) is 0. The van der Waals surface area contributed by atoms with Crippen LogP contribution in [0.3, 0.4) is 0 Å². The van der Waals surface area contributed by atoms with E-state index in [-0.39, 0.29) is 17.2 Å². The lowest BCUT2D eigenvalue weighted by Crippen LogP contribution is -2.22. The molecule has 1 aromatic heterocycles. The molecule has 5 nitrogen and oxygen atoms in total. The fourth-order valence-corrected chi connectivity index (χ4v) is 1.58. The Kier molecular flexibility index (Phi) is 3.29. The molecule has 0 saturated carbocycles. The summed E-state index contributed by atoms with van der Waals surface area (Å²) in [4.78, 5) is 12.0. The highest BCUT2D eigenvalue weighted by atomic mass is 16.3. The Morgan fingerprint density at radius 3 is 2.58 bits per heavy atom. The van der Waals surface area contributed by atoms with Crippen LogP contribution in [0.2, 0.25) is 0 Å². The van der Waals surface area contributed by atoms with Crippen LogP contribution in [-0.4, -0.2) is 20.8 Å². The van der Waals surface area contributed by atoms with Crippen LogP contribution in [0.1, 0.15) is 31.1 Å². The lowest BCUT2D eigenvalue weighted by molar-refractivity contribution is 0.102. The van der Waals surface area contributed by atoms with E-state index in [0.717, 1.165) is 0 Å². The van der Waals surface area contributed by atoms with Gasteiger partial charge in [0.1, 0.15) is 5.75 Å². The Morgan fingerprint density at radius 1 is 1.32 bits per heavy atom. The average molecular weight is 259 g/mol. The van der Waals surface area contributed by atoms with Crippen molar-refractivity contribution in [2.75, 3.05) is 5.32 Å². The molecule has 19 heavy (non-hydrogen) atoms. The molecule has 0 aliphatic heterocycles. The molecule has 0 spiro atoms. The Balaban J connectivity index is 2.17. The molecule has 5 heteroatoms. The molecular formula is C14H17N3O2. The first-order valence-electron chi connectivity index (χ1n) is 6.02. The molecule has 1 aromatic carbocycles. The predicted octanol–water partition coefficient (Wildman–Crippen LogP) is 2.60. The lowest BCUT2D eigenvalue weighted by Gasteiger charge is -2.18. The van der Waals surface area contributed by atoms with E-state index < -0.39 is 0 Å². The summed E-state index contributed by atoms with van der Waals surface area (Å²) in [6, 6.07) is 6.60. The monoisotopic (exact) mass is 259 g/mol. The quantitative estimate of drug-likeness (QED) is 0.815. The van der Waals surface area contributed by atoms with Crippen LogP contribution >= 0.6 is 0 Å². The third-order valence-electron chi connectivity index (χ3n) is 2.68. The van der Waals surface area contributed by atoms with Gasteiger partial charge in [0.05, 0.1) is 23.0 Å². The maximum Gasteiger partial charge on any atom is 0.258 e. The molecule has 0 radical (unpaired) electrons. The van der Waals surface area contributed by atoms with E-state index >= 15 is 0 Å². The lowest BCUT2D eigenvalue weighted by atomic mass is 10.1. The van der Waals surface area contributed by atoms with Gasteiger partial charge < -0.3 is 10.4 Å². The largest absolute Gasteiger partial charge is 0.506 e. The van der Waals surface area contributed by atoms with E-state index in [4.69, 9.17) is 0 Å². The molecule has 0 bridgehead atoms. The van der Waals surface area contributed by atoms with Crippen molar-refractivity contribution in [3.8, 4) is 5.75 Å². The summed E-state index contributed by atoms with van der Waals surface area (Å²) >= 11 is 0. The van der Waals surface area contributed by atoms with Crippen LogP contribution in [0.4, 0.5) is 5.69 Å². The van der Waals surface area contributed by atoms with Gasteiger partial charge in [-0.3, -0.25) is 9.48 Å². The van der Waals surface area contributed by atoms with Crippen molar-refractivity contribution < 1.29 is 9.90 Å². The summed E-state index contributed by atoms with van der Waals surface area (Å²) in [6.07, 6.45) is 3.20. The summed E-state index contributed by atoms with van der Waals surface area (Å²) in [6.45, 7) is 6.01. The van der Waals surface area contributed by atoms with Gasteiger partial charge in [-0.15, -0.1) is 0 Å². The maximum absolute atomic E-state index is 12.0. The summed E-state index contributed by atoms with van der Waals surface area (Å²) in [5.74, 6) is -0.254. The molecule has 100 valence electrons. The first-order valence-corrected chi connectivity index (χ1v) is 6.02. The third kappa shape index (κ3) is 2.93. The van der Waals surface area contributed by atoms with E-state index in [9.17, 15) is 9.90 Å². The van der Waals surface area contributed by atoms with Gasteiger partial charge in [-0.1, -0.05) is 12.1 Å². The molecule has 0 fully saturated rings. The van der Waals surface area contributed by atoms with Crippen LogP contribution in [-0.2, 0) is 5.54 Å². The zero-order valence-corrected chi connectivity index (χ0v) is 11.2. The molecule has 0 aliphatic rings. The summed E-state index contributed by atoms with van der Waals surface area (Å²) in [5, 5.41) is 16.4. The minimum absolute atomic E-state index is 0.0408. The fourth-order valence-electron chi connectivity index (χ4n) is 1.58. The highest BCUT2D eigenvalue weighted by Gasteiger charge is 2.17. The molecule has 2 N–H and O–H groups in total. The topological polar surface area (TPSA) is 67.2 Å². The van der Waals surface area contributed by atoms with Gasteiger partial charge in [0, 0.05) is 6.20 Å². The first kappa shape index (κ1) is 13.1. The van der Waals surface area contributed by atoms with Gasteiger partial charge in [0.15, 0.2) is 0 Å². The molecule has 2 aromatic rings. The van der Waals surface area contributed by atoms with Gasteiger partial charge in [0.2, 0.25) is 0 Å². The van der Waals surface area contributed by atoms with Crippen molar-refractivity contribution in [1.29, 1.82) is 0 Å². The number of anilines is 1. The Hall–Kier alpha value is -2.30. The fraction of sp³-hybridized carbons (Fsp3) is 0.286. The number of phenolic OH excluding ortho intramolecular Hbond substituents is 1. The number of amides is 1. The highest BCUT2D eigenvalue weighted by molar-refractivity contribution is 6.04. The molecule has 0 atom stereocenters. The maximum atomic E-state index is 12.0. The number of rotatable bonds is 2. The second-order valence-corrected chi connectivity index (χ2v) is 5.32. The zero-order chi connectivity index (χ0) is 14.0. The molecule has 1 heterocycles. The number of nitrogens with one attached hydrogen (secondary N) is 1. The Bertz CT molecular complexity index is 597. The van der Waals surface area contributed by atoms with Crippen molar-refractivity contribution >= 4 is 11.6 Å². The second kappa shape index (κ2) is 4.76.